The van der Waals surface area contributed by atoms with Crippen LogP contribution in [0.3, 0.4) is 0 Å². The molecule has 1 N–H and O–H groups in total. The van der Waals surface area contributed by atoms with Gasteiger partial charge in [0.05, 0.1) is 17.1 Å². The summed E-state index contributed by atoms with van der Waals surface area (Å²) in [5.41, 5.74) is 0.579. The number of para-hydroxylation sites is 1. The minimum Gasteiger partial charge on any atom is -0.437 e. The number of morpholine rings is 1. The van der Waals surface area contributed by atoms with E-state index in [4.69, 9.17) is 9.47 Å². The van der Waals surface area contributed by atoms with E-state index in [1.165, 1.54) is 16.4 Å². The first-order valence-corrected chi connectivity index (χ1v) is 12.0. The highest BCUT2D eigenvalue weighted by molar-refractivity contribution is 7.89. The number of amides is 1. The van der Waals surface area contributed by atoms with Gasteiger partial charge in [-0.25, -0.2) is 13.4 Å². The lowest BCUT2D eigenvalue weighted by atomic mass is 10.2. The first-order valence-electron chi connectivity index (χ1n) is 10.6. The first-order chi connectivity index (χ1) is 15.8. The Kier molecular flexibility index (Phi) is 6.73. The van der Waals surface area contributed by atoms with E-state index >= 15 is 0 Å². The molecule has 2 atom stereocenters. The SMILES string of the molecule is CC1CN(S(=O)(=O)c2cccc(C(=O)Nc3cccnc3Oc3ccccc3)c2)CC(C)O1. The average Bonchev–Trinajstić information content (AvgIpc) is 2.80. The first kappa shape index (κ1) is 22.9. The molecule has 9 heteroatoms. The molecule has 0 radical (unpaired) electrons. The molecule has 3 aromatic rings. The summed E-state index contributed by atoms with van der Waals surface area (Å²) in [7, 11) is -3.77. The average molecular weight is 468 g/mol. The Hall–Kier alpha value is -3.27. The topological polar surface area (TPSA) is 97.8 Å². The van der Waals surface area contributed by atoms with Gasteiger partial charge < -0.3 is 14.8 Å². The Morgan fingerprint density at radius 2 is 1.76 bits per heavy atom. The van der Waals surface area contributed by atoms with Gasteiger partial charge in [-0.3, -0.25) is 4.79 Å². The van der Waals surface area contributed by atoms with Crippen LogP contribution in [0.4, 0.5) is 5.69 Å². The van der Waals surface area contributed by atoms with Gasteiger partial charge in [-0.15, -0.1) is 0 Å². The van der Waals surface area contributed by atoms with Crippen molar-refractivity contribution in [3.05, 3.63) is 78.5 Å². The van der Waals surface area contributed by atoms with Gasteiger partial charge in [-0.1, -0.05) is 24.3 Å². The molecule has 33 heavy (non-hydrogen) atoms. The van der Waals surface area contributed by atoms with Crippen molar-refractivity contribution < 1.29 is 22.7 Å². The number of hydrogen-bond acceptors (Lipinski definition) is 6. The molecule has 172 valence electrons. The van der Waals surface area contributed by atoms with Crippen molar-refractivity contribution in [1.82, 2.24) is 9.29 Å². The fourth-order valence-corrected chi connectivity index (χ4v) is 5.27. The van der Waals surface area contributed by atoms with Crippen LogP contribution in [0.25, 0.3) is 0 Å². The van der Waals surface area contributed by atoms with Gasteiger partial charge >= 0.3 is 0 Å². The summed E-state index contributed by atoms with van der Waals surface area (Å²) >= 11 is 0. The molecule has 2 aromatic carbocycles. The lowest BCUT2D eigenvalue weighted by molar-refractivity contribution is -0.0440. The minimum absolute atomic E-state index is 0.0587. The molecule has 1 aliphatic heterocycles. The van der Waals surface area contributed by atoms with E-state index in [2.05, 4.69) is 10.3 Å². The van der Waals surface area contributed by atoms with Gasteiger partial charge in [-0.2, -0.15) is 4.31 Å². The number of sulfonamides is 1. The van der Waals surface area contributed by atoms with Crippen LogP contribution in [-0.2, 0) is 14.8 Å². The van der Waals surface area contributed by atoms with Crippen LogP contribution in [0.2, 0.25) is 0 Å². The minimum atomic E-state index is -3.77. The molecular formula is C24H25N3O5S. The number of pyridine rings is 1. The quantitative estimate of drug-likeness (QED) is 0.590. The highest BCUT2D eigenvalue weighted by Gasteiger charge is 2.32. The van der Waals surface area contributed by atoms with Crippen molar-refractivity contribution in [3.8, 4) is 11.6 Å². The van der Waals surface area contributed by atoms with Crippen molar-refractivity contribution in [1.29, 1.82) is 0 Å². The zero-order valence-electron chi connectivity index (χ0n) is 18.3. The number of nitrogens with zero attached hydrogens (tertiary/aromatic N) is 2. The van der Waals surface area contributed by atoms with E-state index in [1.807, 2.05) is 32.0 Å². The molecular weight excluding hydrogens is 442 g/mol. The molecule has 8 nitrogen and oxygen atoms in total. The Bertz CT molecular complexity index is 1220. The number of aromatic nitrogens is 1. The predicted molar refractivity (Wildman–Crippen MR) is 124 cm³/mol. The molecule has 0 spiro atoms. The summed E-state index contributed by atoms with van der Waals surface area (Å²) < 4.78 is 39.2. The van der Waals surface area contributed by atoms with Crippen LogP contribution in [0, 0.1) is 0 Å². The molecule has 4 rings (SSSR count). The maximum absolute atomic E-state index is 13.2. The number of rotatable bonds is 6. The second-order valence-corrected chi connectivity index (χ2v) is 9.77. The molecule has 1 aliphatic rings. The Morgan fingerprint density at radius 1 is 1.03 bits per heavy atom. The maximum Gasteiger partial charge on any atom is 0.255 e. The molecule has 1 fully saturated rings. The molecule has 2 heterocycles. The molecule has 0 bridgehead atoms. The number of anilines is 1. The molecule has 0 saturated carbocycles. The van der Waals surface area contributed by atoms with Crippen molar-refractivity contribution in [3.63, 3.8) is 0 Å². The summed E-state index contributed by atoms with van der Waals surface area (Å²) in [5.74, 6) is 0.340. The van der Waals surface area contributed by atoms with Crippen LogP contribution in [0.5, 0.6) is 11.6 Å². The van der Waals surface area contributed by atoms with E-state index in [1.54, 1.807) is 42.6 Å². The lowest BCUT2D eigenvalue weighted by Gasteiger charge is -2.34. The van der Waals surface area contributed by atoms with E-state index < -0.39 is 15.9 Å². The Morgan fingerprint density at radius 3 is 2.48 bits per heavy atom. The summed E-state index contributed by atoms with van der Waals surface area (Å²) in [4.78, 5) is 17.2. The number of carbonyl (C=O) groups is 1. The van der Waals surface area contributed by atoms with Gasteiger partial charge in [0.25, 0.3) is 5.91 Å². The van der Waals surface area contributed by atoms with Gasteiger partial charge in [0.15, 0.2) is 0 Å². The monoisotopic (exact) mass is 467 g/mol. The molecule has 1 amide bonds. The van der Waals surface area contributed by atoms with Crippen LogP contribution >= 0.6 is 0 Å². The summed E-state index contributed by atoms with van der Waals surface area (Å²) in [5, 5.41) is 2.76. The van der Waals surface area contributed by atoms with Crippen LogP contribution in [0.15, 0.2) is 77.8 Å². The summed E-state index contributed by atoms with van der Waals surface area (Å²) in [6, 6.07) is 18.4. The van der Waals surface area contributed by atoms with Gasteiger partial charge in [0.2, 0.25) is 15.9 Å². The molecule has 1 aromatic heterocycles. The largest absolute Gasteiger partial charge is 0.437 e. The summed E-state index contributed by atoms with van der Waals surface area (Å²) in [6.45, 7) is 4.20. The third-order valence-corrected chi connectivity index (χ3v) is 6.92. The third-order valence-electron chi connectivity index (χ3n) is 5.10. The van der Waals surface area contributed by atoms with Gasteiger partial charge in [0.1, 0.15) is 11.4 Å². The van der Waals surface area contributed by atoms with E-state index in [0.717, 1.165) is 0 Å². The van der Waals surface area contributed by atoms with Crippen LogP contribution in [-0.4, -0.2) is 48.9 Å². The second-order valence-electron chi connectivity index (χ2n) is 7.83. The third kappa shape index (κ3) is 5.39. The van der Waals surface area contributed by atoms with Crippen molar-refractivity contribution >= 4 is 21.6 Å². The fraction of sp³-hybridized carbons (Fsp3) is 0.250. The van der Waals surface area contributed by atoms with Crippen molar-refractivity contribution in [2.75, 3.05) is 18.4 Å². The van der Waals surface area contributed by atoms with Gasteiger partial charge in [0, 0.05) is 24.8 Å². The van der Waals surface area contributed by atoms with Crippen molar-refractivity contribution in [2.45, 2.75) is 31.0 Å². The van der Waals surface area contributed by atoms with Gasteiger partial charge in [-0.05, 0) is 56.3 Å². The number of hydrogen-bond donors (Lipinski definition) is 1. The molecule has 0 aliphatic carbocycles. The van der Waals surface area contributed by atoms with E-state index in [9.17, 15) is 13.2 Å². The van der Waals surface area contributed by atoms with Crippen LogP contribution in [0.1, 0.15) is 24.2 Å². The zero-order chi connectivity index (χ0) is 23.4. The molecule has 2 unspecified atom stereocenters. The number of carbonyl (C=O) groups excluding carboxylic acids is 1. The number of ether oxygens (including phenoxy) is 2. The highest BCUT2D eigenvalue weighted by Crippen LogP contribution is 2.27. The van der Waals surface area contributed by atoms with E-state index in [0.29, 0.717) is 11.4 Å². The Labute approximate surface area is 193 Å². The molecule has 1 saturated heterocycles. The lowest BCUT2D eigenvalue weighted by Crippen LogP contribution is -2.48. The standard InChI is InChI=1S/C24H25N3O5S/c1-17-15-27(16-18(2)31-17)33(29,30)21-11-6-8-19(14-21)23(28)26-22-12-7-13-25-24(22)32-20-9-4-3-5-10-20/h3-14,17-18H,15-16H2,1-2H3,(H,26,28). The normalized spacial score (nSPS) is 19.1. The Balaban J connectivity index is 1.54. The van der Waals surface area contributed by atoms with Crippen LogP contribution < -0.4 is 10.1 Å². The smallest absolute Gasteiger partial charge is 0.255 e. The fourth-order valence-electron chi connectivity index (χ4n) is 3.64. The highest BCUT2D eigenvalue weighted by atomic mass is 32.2. The maximum atomic E-state index is 13.2. The van der Waals surface area contributed by atoms with E-state index in [-0.39, 0.29) is 41.6 Å². The van der Waals surface area contributed by atoms with Crippen molar-refractivity contribution in [2.24, 2.45) is 0 Å². The summed E-state index contributed by atoms with van der Waals surface area (Å²) in [6.07, 6.45) is 1.15. The number of benzene rings is 2. The predicted octanol–water partition coefficient (Wildman–Crippen LogP) is 3.92. The number of nitrogens with one attached hydrogen (secondary N) is 1. The zero-order valence-corrected chi connectivity index (χ0v) is 19.2. The second kappa shape index (κ2) is 9.70.